The normalized spacial score (nSPS) is 12.1. The highest BCUT2D eigenvalue weighted by molar-refractivity contribution is 7.09. The van der Waals surface area contributed by atoms with Crippen LogP contribution in [0.3, 0.4) is 0 Å². The van der Waals surface area contributed by atoms with E-state index in [-0.39, 0.29) is 12.0 Å². The van der Waals surface area contributed by atoms with Gasteiger partial charge in [0.1, 0.15) is 16.8 Å². The molecule has 2 heterocycles. The van der Waals surface area contributed by atoms with Gasteiger partial charge in [0.25, 0.3) is 5.91 Å². The molecule has 0 radical (unpaired) electrons. The van der Waals surface area contributed by atoms with E-state index < -0.39 is 0 Å². The van der Waals surface area contributed by atoms with Gasteiger partial charge in [-0.3, -0.25) is 9.78 Å². The number of carbonyl (C=O) groups excluding carboxylic acids is 1. The standard InChI is InChI=1S/C14H18N4O2S/c1-4-20-10(2)13-17-11(9-21-13)8-18(3)14(19)12-7-15-5-6-16-12/h5-7,9-10H,4,8H2,1-3H3/t10-/m1/s1. The van der Waals surface area contributed by atoms with Gasteiger partial charge in [-0.25, -0.2) is 9.97 Å². The summed E-state index contributed by atoms with van der Waals surface area (Å²) in [7, 11) is 1.72. The third-order valence-electron chi connectivity index (χ3n) is 2.86. The molecule has 2 aromatic heterocycles. The van der Waals surface area contributed by atoms with Crippen LogP contribution in [-0.4, -0.2) is 39.4 Å². The summed E-state index contributed by atoms with van der Waals surface area (Å²) in [6.45, 7) is 5.02. The van der Waals surface area contributed by atoms with Gasteiger partial charge < -0.3 is 9.64 Å². The van der Waals surface area contributed by atoms with E-state index in [1.807, 2.05) is 19.2 Å². The number of ether oxygens (including phenoxy) is 1. The van der Waals surface area contributed by atoms with E-state index >= 15 is 0 Å². The average Bonchev–Trinajstić information content (AvgIpc) is 2.96. The van der Waals surface area contributed by atoms with Crippen LogP contribution in [0.25, 0.3) is 0 Å². The zero-order valence-electron chi connectivity index (χ0n) is 12.3. The van der Waals surface area contributed by atoms with Crippen molar-refractivity contribution in [3.05, 3.63) is 40.4 Å². The Morgan fingerprint density at radius 3 is 2.95 bits per heavy atom. The van der Waals surface area contributed by atoms with Crippen molar-refractivity contribution >= 4 is 17.2 Å². The number of amides is 1. The van der Waals surface area contributed by atoms with Gasteiger partial charge in [0, 0.05) is 31.4 Å². The molecule has 7 heteroatoms. The summed E-state index contributed by atoms with van der Waals surface area (Å²) in [5.74, 6) is -0.171. The topological polar surface area (TPSA) is 68.2 Å². The van der Waals surface area contributed by atoms with Gasteiger partial charge in [-0.1, -0.05) is 0 Å². The van der Waals surface area contributed by atoms with Crippen LogP contribution >= 0.6 is 11.3 Å². The molecule has 0 aliphatic carbocycles. The minimum Gasteiger partial charge on any atom is -0.372 e. The fourth-order valence-electron chi connectivity index (χ4n) is 1.82. The molecular formula is C14H18N4O2S. The molecule has 0 aliphatic heterocycles. The number of hydrogen-bond acceptors (Lipinski definition) is 6. The number of rotatable bonds is 6. The monoisotopic (exact) mass is 306 g/mol. The summed E-state index contributed by atoms with van der Waals surface area (Å²) in [5, 5.41) is 2.87. The second-order valence-corrected chi connectivity index (χ2v) is 5.42. The first-order valence-electron chi connectivity index (χ1n) is 6.69. The lowest BCUT2D eigenvalue weighted by molar-refractivity contribution is 0.0754. The highest BCUT2D eigenvalue weighted by Gasteiger charge is 2.16. The lowest BCUT2D eigenvalue weighted by atomic mass is 10.3. The molecule has 6 nitrogen and oxygen atoms in total. The summed E-state index contributed by atoms with van der Waals surface area (Å²) in [6, 6.07) is 0. The van der Waals surface area contributed by atoms with Gasteiger partial charge >= 0.3 is 0 Å². The predicted molar refractivity (Wildman–Crippen MR) is 80.0 cm³/mol. The maximum Gasteiger partial charge on any atom is 0.274 e. The molecule has 2 rings (SSSR count). The molecule has 2 aromatic rings. The first-order chi connectivity index (χ1) is 10.1. The van der Waals surface area contributed by atoms with Crippen LogP contribution in [0.15, 0.2) is 24.0 Å². The van der Waals surface area contributed by atoms with Gasteiger partial charge in [-0.05, 0) is 13.8 Å². The zero-order valence-corrected chi connectivity index (χ0v) is 13.1. The van der Waals surface area contributed by atoms with Crippen molar-refractivity contribution < 1.29 is 9.53 Å². The molecule has 21 heavy (non-hydrogen) atoms. The van der Waals surface area contributed by atoms with Crippen molar-refractivity contribution in [3.8, 4) is 0 Å². The zero-order chi connectivity index (χ0) is 15.2. The lowest BCUT2D eigenvalue weighted by Crippen LogP contribution is -2.27. The second kappa shape index (κ2) is 7.24. The summed E-state index contributed by atoms with van der Waals surface area (Å²) >= 11 is 1.55. The van der Waals surface area contributed by atoms with Gasteiger partial charge in [0.15, 0.2) is 0 Å². The number of aromatic nitrogens is 3. The third kappa shape index (κ3) is 4.05. The molecule has 0 fully saturated rings. The quantitative estimate of drug-likeness (QED) is 0.819. The van der Waals surface area contributed by atoms with E-state index in [4.69, 9.17) is 4.74 Å². The molecule has 0 spiro atoms. The molecular weight excluding hydrogens is 288 g/mol. The Morgan fingerprint density at radius 1 is 1.48 bits per heavy atom. The average molecular weight is 306 g/mol. The molecule has 0 bridgehead atoms. The van der Waals surface area contributed by atoms with E-state index in [2.05, 4.69) is 15.0 Å². The minimum atomic E-state index is -0.171. The molecule has 0 unspecified atom stereocenters. The van der Waals surface area contributed by atoms with E-state index in [1.54, 1.807) is 29.5 Å². The SMILES string of the molecule is CCO[C@H](C)c1nc(CN(C)C(=O)c2cnccn2)cs1. The van der Waals surface area contributed by atoms with E-state index in [9.17, 15) is 4.79 Å². The lowest BCUT2D eigenvalue weighted by Gasteiger charge is -2.15. The van der Waals surface area contributed by atoms with E-state index in [1.165, 1.54) is 12.4 Å². The fourth-order valence-corrected chi connectivity index (χ4v) is 2.64. The first-order valence-corrected chi connectivity index (χ1v) is 7.57. The maximum absolute atomic E-state index is 12.2. The minimum absolute atomic E-state index is 0.0188. The molecule has 112 valence electrons. The molecule has 1 atom stereocenters. The highest BCUT2D eigenvalue weighted by atomic mass is 32.1. The number of nitrogens with zero attached hydrogens (tertiary/aromatic N) is 4. The van der Waals surface area contributed by atoms with Crippen LogP contribution in [0.2, 0.25) is 0 Å². The van der Waals surface area contributed by atoms with Gasteiger partial charge in [-0.15, -0.1) is 11.3 Å². The van der Waals surface area contributed by atoms with Crippen LogP contribution in [0.4, 0.5) is 0 Å². The van der Waals surface area contributed by atoms with Gasteiger partial charge in [-0.2, -0.15) is 0 Å². The van der Waals surface area contributed by atoms with Crippen molar-refractivity contribution in [1.29, 1.82) is 0 Å². The van der Waals surface area contributed by atoms with Crippen LogP contribution in [0.5, 0.6) is 0 Å². The molecule has 0 saturated carbocycles. The number of thiazole rings is 1. The summed E-state index contributed by atoms with van der Waals surface area (Å²) in [4.78, 5) is 26.2. The Labute approximate surface area is 127 Å². The highest BCUT2D eigenvalue weighted by Crippen LogP contribution is 2.21. The van der Waals surface area contributed by atoms with Crippen molar-refractivity contribution in [3.63, 3.8) is 0 Å². The van der Waals surface area contributed by atoms with E-state index in [0.29, 0.717) is 18.8 Å². The van der Waals surface area contributed by atoms with Crippen molar-refractivity contribution in [1.82, 2.24) is 19.9 Å². The Hall–Kier alpha value is -1.86. The first kappa shape index (κ1) is 15.5. The Bertz CT molecular complexity index is 588. The number of hydrogen-bond donors (Lipinski definition) is 0. The Balaban J connectivity index is 2.00. The summed E-state index contributed by atoms with van der Waals surface area (Å²) < 4.78 is 5.51. The molecule has 0 N–H and O–H groups in total. The van der Waals surface area contributed by atoms with Gasteiger partial charge in [0.2, 0.25) is 0 Å². The Morgan fingerprint density at radius 2 is 2.29 bits per heavy atom. The van der Waals surface area contributed by atoms with Crippen molar-refractivity contribution in [2.24, 2.45) is 0 Å². The summed E-state index contributed by atoms with van der Waals surface area (Å²) in [6.07, 6.45) is 4.49. The van der Waals surface area contributed by atoms with Gasteiger partial charge in [0.05, 0.1) is 18.4 Å². The van der Waals surface area contributed by atoms with E-state index in [0.717, 1.165) is 10.7 Å². The maximum atomic E-state index is 12.2. The predicted octanol–water partition coefficient (Wildman–Crippen LogP) is 2.30. The Kier molecular flexibility index (Phi) is 5.35. The van der Waals surface area contributed by atoms with Crippen molar-refractivity contribution in [2.45, 2.75) is 26.5 Å². The molecule has 0 aliphatic rings. The third-order valence-corrected chi connectivity index (χ3v) is 3.92. The smallest absolute Gasteiger partial charge is 0.274 e. The molecule has 1 amide bonds. The van der Waals surface area contributed by atoms with Crippen LogP contribution < -0.4 is 0 Å². The van der Waals surface area contributed by atoms with Crippen LogP contribution in [0, 0.1) is 0 Å². The molecule has 0 saturated heterocycles. The summed E-state index contributed by atoms with van der Waals surface area (Å²) in [5.41, 5.74) is 1.18. The van der Waals surface area contributed by atoms with Crippen LogP contribution in [-0.2, 0) is 11.3 Å². The van der Waals surface area contributed by atoms with Crippen molar-refractivity contribution in [2.75, 3.05) is 13.7 Å². The second-order valence-electron chi connectivity index (χ2n) is 4.53. The number of carbonyl (C=O) groups is 1. The largest absolute Gasteiger partial charge is 0.372 e. The fraction of sp³-hybridized carbons (Fsp3) is 0.429. The van der Waals surface area contributed by atoms with Crippen LogP contribution in [0.1, 0.15) is 41.1 Å². The molecule has 0 aromatic carbocycles.